The number of para-hydroxylation sites is 1. The largest absolute Gasteiger partial charge is 0.324 e. The van der Waals surface area contributed by atoms with Crippen LogP contribution in [0.2, 0.25) is 5.02 Å². The molecule has 2 heterocycles. The lowest BCUT2D eigenvalue weighted by molar-refractivity contribution is -0.115. The summed E-state index contributed by atoms with van der Waals surface area (Å²) in [5.74, 6) is 0.787. The number of carbonyl (C=O) groups excluding carboxylic acids is 1. The lowest BCUT2D eigenvalue weighted by atomic mass is 10.3. The number of hydrogen-bond donors (Lipinski definition) is 1. The van der Waals surface area contributed by atoms with Crippen molar-refractivity contribution >= 4 is 46.3 Å². The first kappa shape index (κ1) is 17.6. The number of benzene rings is 1. The van der Waals surface area contributed by atoms with Gasteiger partial charge < -0.3 is 5.32 Å². The van der Waals surface area contributed by atoms with Gasteiger partial charge in [0.05, 0.1) is 20.8 Å². The Morgan fingerprint density at radius 2 is 2.12 bits per heavy atom. The highest BCUT2D eigenvalue weighted by Gasteiger charge is 2.31. The number of rotatable bonds is 6. The fourth-order valence-electron chi connectivity index (χ4n) is 2.60. The van der Waals surface area contributed by atoms with Crippen LogP contribution in [-0.2, 0) is 4.79 Å². The molecule has 4 rings (SSSR count). The van der Waals surface area contributed by atoms with E-state index in [1.54, 1.807) is 23.5 Å². The van der Waals surface area contributed by atoms with Crippen LogP contribution in [0.3, 0.4) is 0 Å². The zero-order chi connectivity index (χ0) is 18.1. The first-order valence-electron chi connectivity index (χ1n) is 8.34. The Kier molecular flexibility index (Phi) is 5.02. The van der Waals surface area contributed by atoms with E-state index in [-0.39, 0.29) is 11.2 Å². The number of thiophene rings is 1. The number of anilines is 1. The molecule has 0 saturated heterocycles. The molecule has 0 radical (unpaired) electrons. The highest BCUT2D eigenvalue weighted by Crippen LogP contribution is 2.42. The van der Waals surface area contributed by atoms with Gasteiger partial charge in [0.25, 0.3) is 0 Å². The minimum absolute atomic E-state index is 0.105. The summed E-state index contributed by atoms with van der Waals surface area (Å²) in [4.78, 5) is 13.7. The van der Waals surface area contributed by atoms with Gasteiger partial charge in [-0.05, 0) is 43.3 Å². The molecule has 5 nitrogen and oxygen atoms in total. The molecule has 0 aliphatic heterocycles. The normalized spacial score (nSPS) is 15.0. The molecular formula is C18H17ClN4OS2. The summed E-state index contributed by atoms with van der Waals surface area (Å²) >= 11 is 9.20. The van der Waals surface area contributed by atoms with E-state index in [1.165, 1.54) is 11.8 Å². The van der Waals surface area contributed by atoms with Crippen molar-refractivity contribution in [2.75, 3.05) is 5.32 Å². The Morgan fingerprint density at radius 3 is 2.81 bits per heavy atom. The molecule has 0 bridgehead atoms. The zero-order valence-corrected chi connectivity index (χ0v) is 16.4. The molecule has 8 heteroatoms. The maximum atomic E-state index is 12.6. The minimum Gasteiger partial charge on any atom is -0.324 e. The molecule has 1 unspecified atom stereocenters. The second-order valence-electron chi connectivity index (χ2n) is 6.11. The van der Waals surface area contributed by atoms with Crippen molar-refractivity contribution in [3.05, 3.63) is 46.8 Å². The Balaban J connectivity index is 1.52. The predicted octanol–water partition coefficient (Wildman–Crippen LogP) is 5.11. The maximum absolute atomic E-state index is 12.6. The van der Waals surface area contributed by atoms with Crippen LogP contribution in [0.5, 0.6) is 0 Å². The Bertz CT molecular complexity index is 921. The lowest BCUT2D eigenvalue weighted by Crippen LogP contribution is -2.23. The van der Waals surface area contributed by atoms with Gasteiger partial charge in [-0.25, -0.2) is 0 Å². The molecule has 1 N–H and O–H groups in total. The SMILES string of the molecule is CC(Sc1nnc(-c2cccs2)n1C1CC1)C(=O)Nc1ccccc1Cl. The second-order valence-corrected chi connectivity index (χ2v) is 8.78. The van der Waals surface area contributed by atoms with Crippen LogP contribution in [0.15, 0.2) is 46.9 Å². The zero-order valence-electron chi connectivity index (χ0n) is 14.1. The van der Waals surface area contributed by atoms with Crippen molar-refractivity contribution in [1.82, 2.24) is 14.8 Å². The summed E-state index contributed by atoms with van der Waals surface area (Å²) in [5.41, 5.74) is 0.620. The smallest absolute Gasteiger partial charge is 0.237 e. The number of thioether (sulfide) groups is 1. The van der Waals surface area contributed by atoms with Gasteiger partial charge in [0.1, 0.15) is 0 Å². The van der Waals surface area contributed by atoms with Crippen LogP contribution in [0.25, 0.3) is 10.7 Å². The van der Waals surface area contributed by atoms with Crippen molar-refractivity contribution in [3.63, 3.8) is 0 Å². The third-order valence-electron chi connectivity index (χ3n) is 4.10. The highest BCUT2D eigenvalue weighted by atomic mass is 35.5. The number of halogens is 1. The van der Waals surface area contributed by atoms with Crippen molar-refractivity contribution in [2.45, 2.75) is 36.2 Å². The van der Waals surface area contributed by atoms with Gasteiger partial charge in [-0.1, -0.05) is 41.6 Å². The van der Waals surface area contributed by atoms with Crippen LogP contribution < -0.4 is 5.32 Å². The van der Waals surface area contributed by atoms with Crippen LogP contribution in [0, 0.1) is 0 Å². The molecular weight excluding hydrogens is 388 g/mol. The van der Waals surface area contributed by atoms with Crippen molar-refractivity contribution < 1.29 is 4.79 Å². The van der Waals surface area contributed by atoms with Crippen LogP contribution in [0.4, 0.5) is 5.69 Å². The van der Waals surface area contributed by atoms with Gasteiger partial charge in [-0.15, -0.1) is 21.5 Å². The monoisotopic (exact) mass is 404 g/mol. The van der Waals surface area contributed by atoms with Crippen molar-refractivity contribution in [2.24, 2.45) is 0 Å². The van der Waals surface area contributed by atoms with Gasteiger partial charge in [0.15, 0.2) is 11.0 Å². The third kappa shape index (κ3) is 3.65. The average molecular weight is 405 g/mol. The van der Waals surface area contributed by atoms with Crippen LogP contribution in [-0.4, -0.2) is 25.9 Å². The topological polar surface area (TPSA) is 59.8 Å². The molecule has 1 atom stereocenters. The van der Waals surface area contributed by atoms with Crippen LogP contribution in [0.1, 0.15) is 25.8 Å². The summed E-state index contributed by atoms with van der Waals surface area (Å²) in [6.07, 6.45) is 2.26. The second kappa shape index (κ2) is 7.42. The number of nitrogens with one attached hydrogen (secondary N) is 1. The number of nitrogens with zero attached hydrogens (tertiary/aromatic N) is 3. The number of carbonyl (C=O) groups is 1. The van der Waals surface area contributed by atoms with E-state index in [9.17, 15) is 4.79 Å². The van der Waals surface area contributed by atoms with Crippen molar-refractivity contribution in [1.29, 1.82) is 0 Å². The summed E-state index contributed by atoms with van der Waals surface area (Å²) < 4.78 is 2.18. The fraction of sp³-hybridized carbons (Fsp3) is 0.278. The fourth-order valence-corrected chi connectivity index (χ4v) is 4.41. The summed E-state index contributed by atoms with van der Waals surface area (Å²) in [7, 11) is 0. The molecule has 3 aromatic rings. The molecule has 1 aliphatic carbocycles. The average Bonchev–Trinajstić information content (AvgIpc) is 3.16. The predicted molar refractivity (Wildman–Crippen MR) is 107 cm³/mol. The minimum atomic E-state index is -0.316. The first-order valence-corrected chi connectivity index (χ1v) is 10.5. The quantitative estimate of drug-likeness (QED) is 0.579. The van der Waals surface area contributed by atoms with E-state index in [0.717, 1.165) is 28.7 Å². The maximum Gasteiger partial charge on any atom is 0.237 e. The van der Waals surface area contributed by atoms with E-state index in [2.05, 4.69) is 26.1 Å². The number of hydrogen-bond acceptors (Lipinski definition) is 5. The molecule has 1 fully saturated rings. The van der Waals surface area contributed by atoms with E-state index in [1.807, 2.05) is 30.5 Å². The van der Waals surface area contributed by atoms with E-state index in [0.29, 0.717) is 16.8 Å². The Labute approximate surface area is 164 Å². The molecule has 2 aromatic heterocycles. The standard InChI is InChI=1S/C18H17ClN4OS2/c1-11(17(24)20-14-6-3-2-5-13(14)19)26-18-22-21-16(15-7-4-10-25-15)23(18)12-8-9-12/h2-7,10-12H,8-9H2,1H3,(H,20,24). The highest BCUT2D eigenvalue weighted by molar-refractivity contribution is 8.00. The third-order valence-corrected chi connectivity index (χ3v) is 6.35. The molecule has 1 aliphatic rings. The molecule has 26 heavy (non-hydrogen) atoms. The molecule has 1 amide bonds. The van der Waals surface area contributed by atoms with Gasteiger partial charge >= 0.3 is 0 Å². The number of aromatic nitrogens is 3. The van der Waals surface area contributed by atoms with E-state index >= 15 is 0 Å². The van der Waals surface area contributed by atoms with Crippen LogP contribution >= 0.6 is 34.7 Å². The molecule has 134 valence electrons. The molecule has 1 aromatic carbocycles. The molecule has 1 saturated carbocycles. The van der Waals surface area contributed by atoms with E-state index < -0.39 is 0 Å². The first-order chi connectivity index (χ1) is 12.6. The van der Waals surface area contributed by atoms with Gasteiger partial charge in [0, 0.05) is 6.04 Å². The van der Waals surface area contributed by atoms with Gasteiger partial charge in [-0.2, -0.15) is 0 Å². The lowest BCUT2D eigenvalue weighted by Gasteiger charge is -2.13. The molecule has 0 spiro atoms. The van der Waals surface area contributed by atoms with Gasteiger partial charge in [0.2, 0.25) is 5.91 Å². The Morgan fingerprint density at radius 1 is 1.31 bits per heavy atom. The summed E-state index contributed by atoms with van der Waals surface area (Å²) in [6.45, 7) is 1.87. The number of amides is 1. The van der Waals surface area contributed by atoms with Crippen molar-refractivity contribution in [3.8, 4) is 10.7 Å². The summed E-state index contributed by atoms with van der Waals surface area (Å²) in [5, 5.41) is 14.7. The van der Waals surface area contributed by atoms with Gasteiger partial charge in [-0.3, -0.25) is 9.36 Å². The van der Waals surface area contributed by atoms with E-state index in [4.69, 9.17) is 11.6 Å². The Hall–Kier alpha value is -1.83. The summed E-state index contributed by atoms with van der Waals surface area (Å²) in [6, 6.07) is 11.7.